The second kappa shape index (κ2) is 7.84. The second-order valence-corrected chi connectivity index (χ2v) is 7.47. The van der Waals surface area contributed by atoms with Crippen LogP contribution in [0.5, 0.6) is 6.01 Å². The number of aryl methyl sites for hydroxylation is 2. The number of nitrogens with zero attached hydrogens (tertiary/aromatic N) is 7. The molecule has 0 radical (unpaired) electrons. The number of pyridine rings is 1. The lowest BCUT2D eigenvalue weighted by Crippen LogP contribution is -2.08. The molecule has 32 heavy (non-hydrogen) atoms. The highest BCUT2D eigenvalue weighted by atomic mass is 16.5. The van der Waals surface area contributed by atoms with Crippen LogP contribution in [0.2, 0.25) is 0 Å². The maximum absolute atomic E-state index is 5.34. The van der Waals surface area contributed by atoms with Crippen LogP contribution in [0.25, 0.3) is 33.5 Å². The molecular formula is C23H21N7O2. The number of aromatic nitrogens is 7. The van der Waals surface area contributed by atoms with E-state index in [0.717, 1.165) is 39.2 Å². The van der Waals surface area contributed by atoms with E-state index in [-0.39, 0.29) is 6.04 Å². The summed E-state index contributed by atoms with van der Waals surface area (Å²) in [6, 6.07) is 6.12. The van der Waals surface area contributed by atoms with Crippen LogP contribution in [0.4, 0.5) is 0 Å². The molecule has 0 saturated carbocycles. The van der Waals surface area contributed by atoms with Crippen molar-refractivity contribution in [1.29, 1.82) is 0 Å². The van der Waals surface area contributed by atoms with Gasteiger partial charge in [0.15, 0.2) is 5.65 Å². The lowest BCUT2D eigenvalue weighted by atomic mass is 10.1. The van der Waals surface area contributed by atoms with Crippen LogP contribution in [-0.2, 0) is 0 Å². The third-order valence-electron chi connectivity index (χ3n) is 5.47. The summed E-state index contributed by atoms with van der Waals surface area (Å²) in [5, 5.41) is 4.06. The van der Waals surface area contributed by atoms with E-state index >= 15 is 0 Å². The van der Waals surface area contributed by atoms with Crippen LogP contribution in [0, 0.1) is 13.8 Å². The van der Waals surface area contributed by atoms with E-state index in [4.69, 9.17) is 19.2 Å². The lowest BCUT2D eigenvalue weighted by Gasteiger charge is -2.14. The fourth-order valence-corrected chi connectivity index (χ4v) is 3.81. The Bertz CT molecular complexity index is 1370. The smallest absolute Gasteiger partial charge is 0.316 e. The highest BCUT2D eigenvalue weighted by molar-refractivity contribution is 5.91. The summed E-state index contributed by atoms with van der Waals surface area (Å²) in [5.74, 6) is 0.704. The fraction of sp³-hybridized carbons (Fsp3) is 0.217. The quantitative estimate of drug-likeness (QED) is 0.411. The molecule has 5 rings (SSSR count). The number of methoxy groups -OCH3 is 1. The molecule has 0 fully saturated rings. The SMILES string of the molecule is COc1ncc(-c2cn([C@@H](C)c3ccccn3)c3nc(-c4c(C)noc4C)cnc23)cn1. The van der Waals surface area contributed by atoms with Gasteiger partial charge in [0.2, 0.25) is 0 Å². The van der Waals surface area contributed by atoms with Gasteiger partial charge in [0.1, 0.15) is 11.3 Å². The molecule has 0 N–H and O–H groups in total. The zero-order chi connectivity index (χ0) is 22.2. The van der Waals surface area contributed by atoms with Gasteiger partial charge in [-0.15, -0.1) is 0 Å². The molecular weight excluding hydrogens is 406 g/mol. The van der Waals surface area contributed by atoms with Gasteiger partial charge in [0.25, 0.3) is 0 Å². The molecule has 0 unspecified atom stereocenters. The van der Waals surface area contributed by atoms with Crippen molar-refractivity contribution in [2.24, 2.45) is 0 Å². The highest BCUT2D eigenvalue weighted by Crippen LogP contribution is 2.34. The van der Waals surface area contributed by atoms with Crippen LogP contribution < -0.4 is 4.74 Å². The first-order valence-corrected chi connectivity index (χ1v) is 10.1. The van der Waals surface area contributed by atoms with E-state index in [9.17, 15) is 0 Å². The minimum Gasteiger partial charge on any atom is -0.467 e. The first-order valence-electron chi connectivity index (χ1n) is 10.1. The van der Waals surface area contributed by atoms with Crippen molar-refractivity contribution in [2.45, 2.75) is 26.8 Å². The van der Waals surface area contributed by atoms with Crippen molar-refractivity contribution in [3.8, 4) is 28.4 Å². The molecule has 0 bridgehead atoms. The molecule has 5 aromatic rings. The van der Waals surface area contributed by atoms with E-state index in [1.54, 1.807) is 24.8 Å². The molecule has 0 spiro atoms. The summed E-state index contributed by atoms with van der Waals surface area (Å²) in [6.45, 7) is 5.85. The van der Waals surface area contributed by atoms with Gasteiger partial charge in [-0.1, -0.05) is 11.2 Å². The van der Waals surface area contributed by atoms with Gasteiger partial charge in [-0.05, 0) is 32.9 Å². The van der Waals surface area contributed by atoms with Crippen molar-refractivity contribution in [3.05, 3.63) is 66.3 Å². The molecule has 5 heterocycles. The molecule has 0 amide bonds. The third-order valence-corrected chi connectivity index (χ3v) is 5.47. The number of fused-ring (bicyclic) bond motifs is 1. The van der Waals surface area contributed by atoms with Crippen molar-refractivity contribution in [2.75, 3.05) is 7.11 Å². The number of ether oxygens (including phenoxy) is 1. The predicted molar refractivity (Wildman–Crippen MR) is 118 cm³/mol. The van der Waals surface area contributed by atoms with Crippen LogP contribution in [0.3, 0.4) is 0 Å². The standard InChI is InChI=1S/C23H21N7O2/c1-13-20(15(3)32-29-13)19-11-25-21-17(16-9-26-23(31-4)27-10-16)12-30(22(21)28-19)14(2)18-7-5-6-8-24-18/h5-12,14H,1-4H3/t14-/m0/s1. The van der Waals surface area contributed by atoms with Crippen molar-refractivity contribution < 1.29 is 9.26 Å². The molecule has 5 aromatic heterocycles. The van der Waals surface area contributed by atoms with Gasteiger partial charge >= 0.3 is 6.01 Å². The predicted octanol–water partition coefficient (Wildman–Crippen LogP) is 4.17. The van der Waals surface area contributed by atoms with Crippen LogP contribution >= 0.6 is 0 Å². The maximum atomic E-state index is 5.34. The van der Waals surface area contributed by atoms with Gasteiger partial charge < -0.3 is 13.8 Å². The van der Waals surface area contributed by atoms with Gasteiger partial charge in [-0.2, -0.15) is 0 Å². The van der Waals surface area contributed by atoms with Crippen molar-refractivity contribution in [3.63, 3.8) is 0 Å². The van der Waals surface area contributed by atoms with Crippen molar-refractivity contribution >= 4 is 11.2 Å². The Kier molecular flexibility index (Phi) is 4.85. The Morgan fingerprint density at radius 2 is 1.84 bits per heavy atom. The zero-order valence-electron chi connectivity index (χ0n) is 18.1. The second-order valence-electron chi connectivity index (χ2n) is 7.47. The van der Waals surface area contributed by atoms with Crippen LogP contribution in [0.1, 0.15) is 30.1 Å². The van der Waals surface area contributed by atoms with Crippen molar-refractivity contribution in [1.82, 2.24) is 34.6 Å². The summed E-state index contributed by atoms with van der Waals surface area (Å²) >= 11 is 0. The van der Waals surface area contributed by atoms with E-state index < -0.39 is 0 Å². The van der Waals surface area contributed by atoms with Gasteiger partial charge in [-0.25, -0.2) is 19.9 Å². The van der Waals surface area contributed by atoms with E-state index in [2.05, 4.69) is 31.6 Å². The van der Waals surface area contributed by atoms with Crippen LogP contribution in [0.15, 0.2) is 53.7 Å². The summed E-state index contributed by atoms with van der Waals surface area (Å²) in [7, 11) is 1.54. The molecule has 1 atom stereocenters. The number of rotatable bonds is 5. The Balaban J connectivity index is 1.73. The highest BCUT2D eigenvalue weighted by Gasteiger charge is 2.21. The first-order chi connectivity index (χ1) is 15.6. The summed E-state index contributed by atoms with van der Waals surface area (Å²) < 4.78 is 12.5. The van der Waals surface area contributed by atoms with E-state index in [0.29, 0.717) is 17.5 Å². The first kappa shape index (κ1) is 19.8. The molecule has 9 heteroatoms. The Hall–Kier alpha value is -4.14. The third kappa shape index (κ3) is 3.27. The molecule has 0 saturated heterocycles. The van der Waals surface area contributed by atoms with E-state index in [1.807, 2.05) is 38.2 Å². The topological polar surface area (TPSA) is 105 Å². The number of hydrogen-bond donors (Lipinski definition) is 0. The summed E-state index contributed by atoms with van der Waals surface area (Å²) in [5.41, 5.74) is 6.43. The van der Waals surface area contributed by atoms with Gasteiger partial charge in [0.05, 0.1) is 42.0 Å². The summed E-state index contributed by atoms with van der Waals surface area (Å²) in [6.07, 6.45) is 9.00. The fourth-order valence-electron chi connectivity index (χ4n) is 3.81. The largest absolute Gasteiger partial charge is 0.467 e. The average molecular weight is 427 g/mol. The minimum absolute atomic E-state index is 0.0687. The normalized spacial score (nSPS) is 12.2. The molecule has 0 aliphatic heterocycles. The Labute approximate surface area is 184 Å². The number of hydrogen-bond acceptors (Lipinski definition) is 8. The van der Waals surface area contributed by atoms with E-state index in [1.165, 1.54) is 7.11 Å². The molecule has 160 valence electrons. The molecule has 0 aliphatic carbocycles. The maximum Gasteiger partial charge on any atom is 0.316 e. The summed E-state index contributed by atoms with van der Waals surface area (Å²) in [4.78, 5) is 22.8. The zero-order valence-corrected chi connectivity index (χ0v) is 18.1. The Morgan fingerprint density at radius 3 is 2.50 bits per heavy atom. The monoisotopic (exact) mass is 427 g/mol. The van der Waals surface area contributed by atoms with Gasteiger partial charge in [-0.3, -0.25) is 4.98 Å². The average Bonchev–Trinajstić information content (AvgIpc) is 3.38. The lowest BCUT2D eigenvalue weighted by molar-refractivity contribution is 0.380. The molecule has 0 aromatic carbocycles. The Morgan fingerprint density at radius 1 is 1.03 bits per heavy atom. The minimum atomic E-state index is -0.0687. The van der Waals surface area contributed by atoms with Gasteiger partial charge in [0, 0.05) is 35.9 Å². The molecule has 9 nitrogen and oxygen atoms in total. The molecule has 0 aliphatic rings. The van der Waals surface area contributed by atoms with Crippen LogP contribution in [-0.4, -0.2) is 41.8 Å².